The molecular weight excluding hydrogens is 248 g/mol. The highest BCUT2D eigenvalue weighted by Gasteiger charge is 2.21. The van der Waals surface area contributed by atoms with Gasteiger partial charge < -0.3 is 5.11 Å². The number of rotatable bonds is 3. The van der Waals surface area contributed by atoms with Crippen LogP contribution >= 0.6 is 11.6 Å². The van der Waals surface area contributed by atoms with E-state index in [0.29, 0.717) is 5.92 Å². The molecule has 0 spiro atoms. The van der Waals surface area contributed by atoms with Crippen molar-refractivity contribution in [1.29, 1.82) is 0 Å². The number of carboxylic acid groups (broad SMARTS) is 1. The van der Waals surface area contributed by atoms with Gasteiger partial charge in [0.25, 0.3) is 0 Å². The van der Waals surface area contributed by atoms with E-state index in [0.717, 1.165) is 16.5 Å². The number of aliphatic carboxylic acids is 1. The van der Waals surface area contributed by atoms with Crippen LogP contribution in [0.5, 0.6) is 0 Å². The van der Waals surface area contributed by atoms with Crippen LogP contribution in [0.3, 0.4) is 0 Å². The lowest BCUT2D eigenvalue weighted by molar-refractivity contribution is -0.136. The number of benzene rings is 1. The van der Waals surface area contributed by atoms with E-state index in [-0.39, 0.29) is 6.42 Å². The van der Waals surface area contributed by atoms with Crippen LogP contribution in [0, 0.1) is 5.92 Å². The molecule has 0 amide bonds. The van der Waals surface area contributed by atoms with Crippen molar-refractivity contribution in [2.75, 3.05) is 0 Å². The van der Waals surface area contributed by atoms with Crippen molar-refractivity contribution in [3.63, 3.8) is 0 Å². The van der Waals surface area contributed by atoms with E-state index in [4.69, 9.17) is 16.7 Å². The third kappa shape index (κ3) is 3.26. The van der Waals surface area contributed by atoms with Crippen molar-refractivity contribution >= 4 is 17.6 Å². The first-order valence-corrected chi connectivity index (χ1v) is 6.94. The molecule has 1 fully saturated rings. The predicted molar refractivity (Wildman–Crippen MR) is 73.2 cm³/mol. The average molecular weight is 267 g/mol. The van der Waals surface area contributed by atoms with Gasteiger partial charge in [-0.2, -0.15) is 0 Å². The second-order valence-electron chi connectivity index (χ2n) is 5.38. The van der Waals surface area contributed by atoms with E-state index in [1.54, 1.807) is 0 Å². The summed E-state index contributed by atoms with van der Waals surface area (Å²) in [5.41, 5.74) is 1.97. The Labute approximate surface area is 113 Å². The van der Waals surface area contributed by atoms with Gasteiger partial charge in [0.2, 0.25) is 0 Å². The van der Waals surface area contributed by atoms with Gasteiger partial charge in [-0.05, 0) is 41.9 Å². The average Bonchev–Trinajstić information content (AvgIpc) is 2.30. The first-order chi connectivity index (χ1) is 8.56. The lowest BCUT2D eigenvalue weighted by atomic mass is 9.79. The zero-order valence-electron chi connectivity index (χ0n) is 10.7. The minimum absolute atomic E-state index is 0.0434. The molecule has 1 aliphatic rings. The molecule has 2 nitrogen and oxygen atoms in total. The van der Waals surface area contributed by atoms with E-state index in [2.05, 4.69) is 6.92 Å². The molecule has 0 atom stereocenters. The van der Waals surface area contributed by atoms with Gasteiger partial charge in [-0.3, -0.25) is 4.79 Å². The molecule has 2 rings (SSSR count). The summed E-state index contributed by atoms with van der Waals surface area (Å²) >= 11 is 6.29. The van der Waals surface area contributed by atoms with Crippen LogP contribution in [-0.4, -0.2) is 11.1 Å². The summed E-state index contributed by atoms with van der Waals surface area (Å²) in [7, 11) is 0. The van der Waals surface area contributed by atoms with E-state index in [1.807, 2.05) is 18.2 Å². The summed E-state index contributed by atoms with van der Waals surface area (Å²) in [6, 6.07) is 5.72. The maximum absolute atomic E-state index is 10.7. The molecule has 0 bridgehead atoms. The standard InChI is InChI=1S/C15H19ClO2/c1-10-2-5-12(6-3-10)13-7-4-11(8-14(13)16)9-15(17)18/h4,7-8,10,12H,2-3,5-6,9H2,1H3,(H,17,18). The molecular formula is C15H19ClO2. The molecule has 1 aliphatic carbocycles. The number of hydrogen-bond donors (Lipinski definition) is 1. The summed E-state index contributed by atoms with van der Waals surface area (Å²) in [4.78, 5) is 10.7. The van der Waals surface area contributed by atoms with E-state index in [1.165, 1.54) is 31.2 Å². The zero-order chi connectivity index (χ0) is 13.1. The molecule has 3 heteroatoms. The number of hydrogen-bond acceptors (Lipinski definition) is 1. The molecule has 0 aromatic heterocycles. The van der Waals surface area contributed by atoms with Crippen molar-refractivity contribution in [3.05, 3.63) is 34.3 Å². The largest absolute Gasteiger partial charge is 0.481 e. The Morgan fingerprint density at radius 1 is 1.33 bits per heavy atom. The van der Waals surface area contributed by atoms with Crippen LogP contribution in [0.1, 0.15) is 49.7 Å². The first-order valence-electron chi connectivity index (χ1n) is 6.56. The molecule has 1 aromatic rings. The van der Waals surface area contributed by atoms with Crippen molar-refractivity contribution in [2.45, 2.75) is 44.9 Å². The summed E-state index contributed by atoms with van der Waals surface area (Å²) in [6.07, 6.45) is 4.95. The summed E-state index contributed by atoms with van der Waals surface area (Å²) < 4.78 is 0. The number of carbonyl (C=O) groups is 1. The van der Waals surface area contributed by atoms with Crippen molar-refractivity contribution in [2.24, 2.45) is 5.92 Å². The maximum atomic E-state index is 10.7. The number of halogens is 1. The lowest BCUT2D eigenvalue weighted by Gasteiger charge is -2.27. The van der Waals surface area contributed by atoms with Gasteiger partial charge in [0.05, 0.1) is 6.42 Å². The Morgan fingerprint density at radius 3 is 2.56 bits per heavy atom. The van der Waals surface area contributed by atoms with Gasteiger partial charge in [0, 0.05) is 5.02 Å². The molecule has 1 aromatic carbocycles. The van der Waals surface area contributed by atoms with E-state index < -0.39 is 5.97 Å². The Morgan fingerprint density at radius 2 is 2.00 bits per heavy atom. The van der Waals surface area contributed by atoms with Gasteiger partial charge in [-0.1, -0.05) is 43.5 Å². The van der Waals surface area contributed by atoms with Crippen LogP contribution in [-0.2, 0) is 11.2 Å². The SMILES string of the molecule is CC1CCC(c2ccc(CC(=O)O)cc2Cl)CC1. The van der Waals surface area contributed by atoms with Crippen molar-refractivity contribution < 1.29 is 9.90 Å². The van der Waals surface area contributed by atoms with Crippen LogP contribution in [0.4, 0.5) is 0 Å². The molecule has 0 radical (unpaired) electrons. The van der Waals surface area contributed by atoms with Crippen LogP contribution in [0.2, 0.25) is 5.02 Å². The smallest absolute Gasteiger partial charge is 0.307 e. The molecule has 1 saturated carbocycles. The van der Waals surface area contributed by atoms with Crippen LogP contribution in [0.15, 0.2) is 18.2 Å². The monoisotopic (exact) mass is 266 g/mol. The Hall–Kier alpha value is -1.02. The third-order valence-electron chi connectivity index (χ3n) is 3.88. The van der Waals surface area contributed by atoms with Crippen LogP contribution in [0.25, 0.3) is 0 Å². The van der Waals surface area contributed by atoms with E-state index >= 15 is 0 Å². The van der Waals surface area contributed by atoms with Gasteiger partial charge in [0.1, 0.15) is 0 Å². The first kappa shape index (κ1) is 13.4. The quantitative estimate of drug-likeness (QED) is 0.887. The van der Waals surface area contributed by atoms with Crippen molar-refractivity contribution in [1.82, 2.24) is 0 Å². The molecule has 0 heterocycles. The fraction of sp³-hybridized carbons (Fsp3) is 0.533. The normalized spacial score (nSPS) is 23.9. The van der Waals surface area contributed by atoms with E-state index in [9.17, 15) is 4.79 Å². The highest BCUT2D eigenvalue weighted by molar-refractivity contribution is 6.31. The van der Waals surface area contributed by atoms with Gasteiger partial charge in [0.15, 0.2) is 0 Å². The third-order valence-corrected chi connectivity index (χ3v) is 4.20. The fourth-order valence-corrected chi connectivity index (χ4v) is 3.11. The summed E-state index contributed by atoms with van der Waals surface area (Å²) in [5, 5.41) is 9.49. The Balaban J connectivity index is 2.12. The van der Waals surface area contributed by atoms with Gasteiger partial charge in [-0.25, -0.2) is 0 Å². The zero-order valence-corrected chi connectivity index (χ0v) is 11.4. The second-order valence-corrected chi connectivity index (χ2v) is 5.79. The minimum atomic E-state index is -0.815. The summed E-state index contributed by atoms with van der Waals surface area (Å²) in [6.45, 7) is 2.30. The highest BCUT2D eigenvalue weighted by Crippen LogP contribution is 2.38. The van der Waals surface area contributed by atoms with Crippen LogP contribution < -0.4 is 0 Å². The minimum Gasteiger partial charge on any atom is -0.481 e. The lowest BCUT2D eigenvalue weighted by Crippen LogP contribution is -2.11. The predicted octanol–water partition coefficient (Wildman–Crippen LogP) is 4.26. The number of carboxylic acids is 1. The molecule has 0 saturated heterocycles. The topological polar surface area (TPSA) is 37.3 Å². The van der Waals surface area contributed by atoms with Gasteiger partial charge in [-0.15, -0.1) is 0 Å². The Kier molecular flexibility index (Phi) is 4.28. The van der Waals surface area contributed by atoms with Crippen molar-refractivity contribution in [3.8, 4) is 0 Å². The second kappa shape index (κ2) is 5.75. The molecule has 98 valence electrons. The van der Waals surface area contributed by atoms with Gasteiger partial charge >= 0.3 is 5.97 Å². The highest BCUT2D eigenvalue weighted by atomic mass is 35.5. The summed E-state index contributed by atoms with van der Waals surface area (Å²) in [5.74, 6) is 0.559. The Bertz CT molecular complexity index is 434. The fourth-order valence-electron chi connectivity index (χ4n) is 2.76. The maximum Gasteiger partial charge on any atom is 0.307 e. The molecule has 0 unspecified atom stereocenters. The molecule has 1 N–H and O–H groups in total. The molecule has 0 aliphatic heterocycles. The molecule has 18 heavy (non-hydrogen) atoms.